The zero-order valence-electron chi connectivity index (χ0n) is 11.8. The first-order valence-electron chi connectivity index (χ1n) is 6.86. The van der Waals surface area contributed by atoms with Crippen LogP contribution in [0.3, 0.4) is 0 Å². The van der Waals surface area contributed by atoms with E-state index in [-0.39, 0.29) is 0 Å². The molecule has 1 N–H and O–H groups in total. The second-order valence-electron chi connectivity index (χ2n) is 5.17. The second kappa shape index (κ2) is 6.88. The molecule has 2 aromatic rings. The van der Waals surface area contributed by atoms with Crippen LogP contribution in [0, 0.1) is 0 Å². The average Bonchev–Trinajstić information content (AvgIpc) is 2.96. The maximum atomic E-state index is 6.34. The summed E-state index contributed by atoms with van der Waals surface area (Å²) in [5.41, 5.74) is 3.93. The Bertz CT molecular complexity index is 766. The summed E-state index contributed by atoms with van der Waals surface area (Å²) >= 11 is 24.5. The SMILES string of the molecule is Clc1ccc(CCC2(c3ccc(Cl)cc3Cl)N=CON2)c(Cl)c1. The van der Waals surface area contributed by atoms with E-state index in [9.17, 15) is 0 Å². The van der Waals surface area contributed by atoms with Gasteiger partial charge in [0.1, 0.15) is 0 Å². The van der Waals surface area contributed by atoms with Gasteiger partial charge in [-0.05, 0) is 42.7 Å². The maximum Gasteiger partial charge on any atom is 0.198 e. The van der Waals surface area contributed by atoms with Crippen LogP contribution >= 0.6 is 46.4 Å². The molecule has 1 aliphatic heterocycles. The van der Waals surface area contributed by atoms with Gasteiger partial charge in [0.25, 0.3) is 0 Å². The van der Waals surface area contributed by atoms with E-state index in [1.807, 2.05) is 18.2 Å². The lowest BCUT2D eigenvalue weighted by atomic mass is 9.93. The van der Waals surface area contributed by atoms with E-state index in [0.29, 0.717) is 32.9 Å². The van der Waals surface area contributed by atoms with E-state index in [1.54, 1.807) is 18.2 Å². The Morgan fingerprint density at radius 3 is 2.26 bits per heavy atom. The number of aryl methyl sites for hydroxylation is 1. The fourth-order valence-electron chi connectivity index (χ4n) is 2.51. The van der Waals surface area contributed by atoms with Crippen LogP contribution in [0.4, 0.5) is 0 Å². The molecule has 0 spiro atoms. The molecule has 1 heterocycles. The highest BCUT2D eigenvalue weighted by atomic mass is 35.5. The van der Waals surface area contributed by atoms with Gasteiger partial charge in [0, 0.05) is 25.7 Å². The lowest BCUT2D eigenvalue weighted by Crippen LogP contribution is -2.36. The molecule has 120 valence electrons. The van der Waals surface area contributed by atoms with Crippen LogP contribution in [0.2, 0.25) is 20.1 Å². The van der Waals surface area contributed by atoms with Crippen molar-refractivity contribution in [3.63, 3.8) is 0 Å². The zero-order valence-corrected chi connectivity index (χ0v) is 14.8. The lowest BCUT2D eigenvalue weighted by Gasteiger charge is -2.26. The molecular formula is C16H12Cl4N2O. The normalized spacial score (nSPS) is 19.8. The third-order valence-corrected chi connectivity index (χ3v) is 4.84. The Kier molecular flexibility index (Phi) is 5.04. The largest absolute Gasteiger partial charge is 0.394 e. The molecule has 3 nitrogen and oxygen atoms in total. The molecule has 0 aliphatic carbocycles. The number of nitrogens with zero attached hydrogens (tertiary/aromatic N) is 1. The van der Waals surface area contributed by atoms with Crippen LogP contribution in [0.15, 0.2) is 41.4 Å². The Hall–Kier alpha value is -0.970. The number of rotatable bonds is 4. The highest BCUT2D eigenvalue weighted by Gasteiger charge is 2.37. The van der Waals surface area contributed by atoms with Crippen LogP contribution < -0.4 is 5.48 Å². The van der Waals surface area contributed by atoms with Gasteiger partial charge >= 0.3 is 0 Å². The van der Waals surface area contributed by atoms with Crippen molar-refractivity contribution in [2.24, 2.45) is 4.99 Å². The van der Waals surface area contributed by atoms with Crippen molar-refractivity contribution in [1.82, 2.24) is 5.48 Å². The van der Waals surface area contributed by atoms with Gasteiger partial charge in [-0.15, -0.1) is 5.48 Å². The summed E-state index contributed by atoms with van der Waals surface area (Å²) in [5.74, 6) is 0. The number of aliphatic imine (C=N–C) groups is 1. The average molecular weight is 390 g/mol. The van der Waals surface area contributed by atoms with E-state index in [1.165, 1.54) is 6.40 Å². The van der Waals surface area contributed by atoms with Crippen LogP contribution in [0.25, 0.3) is 0 Å². The summed E-state index contributed by atoms with van der Waals surface area (Å²) in [6, 6.07) is 10.7. The molecule has 1 aliphatic rings. The maximum absolute atomic E-state index is 6.34. The highest BCUT2D eigenvalue weighted by molar-refractivity contribution is 6.35. The molecule has 23 heavy (non-hydrogen) atoms. The van der Waals surface area contributed by atoms with Gasteiger partial charge in [-0.25, -0.2) is 4.99 Å². The minimum atomic E-state index is -0.773. The summed E-state index contributed by atoms with van der Waals surface area (Å²) < 4.78 is 0. The quantitative estimate of drug-likeness (QED) is 0.732. The standard InChI is InChI=1S/C16H12Cl4N2O/c17-11-2-1-10(14(19)7-11)5-6-16(21-9-23-22-16)13-4-3-12(18)8-15(13)20/h1-4,7-9,22H,5-6H2. The number of halogens is 4. The van der Waals surface area contributed by atoms with Crippen LogP contribution in [0.1, 0.15) is 17.5 Å². The first-order chi connectivity index (χ1) is 11.0. The van der Waals surface area contributed by atoms with Crippen LogP contribution in [0.5, 0.6) is 0 Å². The third-order valence-electron chi connectivity index (χ3n) is 3.70. The molecular weight excluding hydrogens is 378 g/mol. The zero-order chi connectivity index (χ0) is 16.4. The molecule has 0 aromatic heterocycles. The van der Waals surface area contributed by atoms with Crippen molar-refractivity contribution in [3.8, 4) is 0 Å². The Labute approximate surface area is 154 Å². The molecule has 7 heteroatoms. The third kappa shape index (κ3) is 3.59. The highest BCUT2D eigenvalue weighted by Crippen LogP contribution is 2.37. The van der Waals surface area contributed by atoms with Gasteiger partial charge in [0.15, 0.2) is 12.1 Å². The first-order valence-corrected chi connectivity index (χ1v) is 8.37. The number of hydrogen-bond acceptors (Lipinski definition) is 3. The molecule has 0 bridgehead atoms. The predicted octanol–water partition coefficient (Wildman–Crippen LogP) is 5.65. The monoisotopic (exact) mass is 388 g/mol. The molecule has 2 aromatic carbocycles. The van der Waals surface area contributed by atoms with Gasteiger partial charge in [-0.2, -0.15) is 0 Å². The topological polar surface area (TPSA) is 33.6 Å². The smallest absolute Gasteiger partial charge is 0.198 e. The summed E-state index contributed by atoms with van der Waals surface area (Å²) in [7, 11) is 0. The number of hydroxylamine groups is 1. The van der Waals surface area contributed by atoms with Gasteiger partial charge < -0.3 is 4.84 Å². The Balaban J connectivity index is 1.88. The molecule has 0 saturated carbocycles. The lowest BCUT2D eigenvalue weighted by molar-refractivity contribution is 0.116. The fraction of sp³-hybridized carbons (Fsp3) is 0.188. The van der Waals surface area contributed by atoms with Crippen molar-refractivity contribution in [2.45, 2.75) is 18.5 Å². The van der Waals surface area contributed by atoms with Gasteiger partial charge in [0.05, 0.1) is 0 Å². The molecule has 0 radical (unpaired) electrons. The van der Waals surface area contributed by atoms with Crippen molar-refractivity contribution in [2.75, 3.05) is 0 Å². The van der Waals surface area contributed by atoms with Crippen LogP contribution in [-0.4, -0.2) is 6.40 Å². The first kappa shape index (κ1) is 16.9. The van der Waals surface area contributed by atoms with Gasteiger partial charge in [-0.3, -0.25) is 0 Å². The number of nitrogens with one attached hydrogen (secondary N) is 1. The van der Waals surface area contributed by atoms with Crippen molar-refractivity contribution in [1.29, 1.82) is 0 Å². The van der Waals surface area contributed by atoms with Crippen molar-refractivity contribution < 1.29 is 4.84 Å². The summed E-state index contributed by atoms with van der Waals surface area (Å²) in [5, 5.41) is 2.32. The predicted molar refractivity (Wildman–Crippen MR) is 95.6 cm³/mol. The van der Waals surface area contributed by atoms with E-state index >= 15 is 0 Å². The molecule has 0 saturated heterocycles. The summed E-state index contributed by atoms with van der Waals surface area (Å²) in [6.45, 7) is 0. The minimum Gasteiger partial charge on any atom is -0.394 e. The van der Waals surface area contributed by atoms with Gasteiger partial charge in [-0.1, -0.05) is 58.5 Å². The number of hydrogen-bond donors (Lipinski definition) is 1. The number of benzene rings is 2. The molecule has 3 rings (SSSR count). The van der Waals surface area contributed by atoms with E-state index in [4.69, 9.17) is 51.2 Å². The molecule has 1 atom stereocenters. The van der Waals surface area contributed by atoms with Crippen LogP contribution in [-0.2, 0) is 16.9 Å². The van der Waals surface area contributed by atoms with Crippen molar-refractivity contribution in [3.05, 3.63) is 67.6 Å². The molecule has 1 unspecified atom stereocenters. The minimum absolute atomic E-state index is 0.523. The summed E-state index contributed by atoms with van der Waals surface area (Å²) in [4.78, 5) is 9.59. The van der Waals surface area contributed by atoms with Crippen molar-refractivity contribution >= 4 is 52.8 Å². The van der Waals surface area contributed by atoms with E-state index < -0.39 is 5.66 Å². The summed E-state index contributed by atoms with van der Waals surface area (Å²) in [6.07, 6.45) is 2.64. The Morgan fingerprint density at radius 1 is 0.957 bits per heavy atom. The second-order valence-corrected chi connectivity index (χ2v) is 6.86. The molecule has 0 amide bonds. The van der Waals surface area contributed by atoms with Gasteiger partial charge in [0.2, 0.25) is 0 Å². The Morgan fingerprint density at radius 2 is 1.65 bits per heavy atom. The molecule has 0 fully saturated rings. The van der Waals surface area contributed by atoms with E-state index in [2.05, 4.69) is 10.5 Å². The van der Waals surface area contributed by atoms with E-state index in [0.717, 1.165) is 11.1 Å². The fourth-order valence-corrected chi connectivity index (χ4v) is 3.57.